The van der Waals surface area contributed by atoms with Crippen LogP contribution in [0.4, 0.5) is 13.2 Å². The van der Waals surface area contributed by atoms with Gasteiger partial charge in [0.2, 0.25) is 0 Å². The molecule has 0 heterocycles. The molecular formula is C11H12F3NO3. The molecule has 4 nitrogen and oxygen atoms in total. The van der Waals surface area contributed by atoms with Crippen molar-refractivity contribution in [2.45, 2.75) is 11.6 Å². The van der Waals surface area contributed by atoms with E-state index < -0.39 is 29.7 Å². The molecule has 1 unspecified atom stereocenters. The van der Waals surface area contributed by atoms with Gasteiger partial charge in [-0.05, 0) is 17.7 Å². The molecule has 1 atom stereocenters. The van der Waals surface area contributed by atoms with E-state index in [2.05, 4.69) is 0 Å². The first kappa shape index (κ1) is 14.3. The second-order valence-corrected chi connectivity index (χ2v) is 3.64. The largest absolute Gasteiger partial charge is 0.497 e. The summed E-state index contributed by atoms with van der Waals surface area (Å²) < 4.78 is 43.9. The molecule has 0 aromatic heterocycles. The molecule has 0 aliphatic heterocycles. The first-order valence-electron chi connectivity index (χ1n) is 4.94. The van der Waals surface area contributed by atoms with Crippen LogP contribution in [0, 0.1) is 0 Å². The maximum Gasteiger partial charge on any atom is 0.410 e. The highest BCUT2D eigenvalue weighted by atomic mass is 19.4. The molecule has 0 aliphatic carbocycles. The fourth-order valence-corrected chi connectivity index (χ4v) is 1.62. The first-order chi connectivity index (χ1) is 8.29. The van der Waals surface area contributed by atoms with Crippen molar-refractivity contribution >= 4 is 5.97 Å². The molecule has 0 radical (unpaired) electrons. The Kier molecular flexibility index (Phi) is 3.85. The number of alkyl halides is 3. The van der Waals surface area contributed by atoms with E-state index in [-0.39, 0.29) is 5.75 Å². The molecule has 7 heteroatoms. The van der Waals surface area contributed by atoms with Gasteiger partial charge >= 0.3 is 12.1 Å². The topological polar surface area (TPSA) is 72.5 Å². The van der Waals surface area contributed by atoms with Crippen molar-refractivity contribution in [3.63, 3.8) is 0 Å². The molecule has 18 heavy (non-hydrogen) atoms. The van der Waals surface area contributed by atoms with Crippen molar-refractivity contribution in [2.24, 2.45) is 5.73 Å². The van der Waals surface area contributed by atoms with Gasteiger partial charge in [0, 0.05) is 6.54 Å². The Morgan fingerprint density at radius 1 is 1.44 bits per heavy atom. The zero-order valence-electron chi connectivity index (χ0n) is 9.49. The van der Waals surface area contributed by atoms with E-state index in [0.717, 1.165) is 12.1 Å². The quantitative estimate of drug-likeness (QED) is 0.864. The third-order valence-electron chi connectivity index (χ3n) is 2.72. The Labute approximate surface area is 101 Å². The molecule has 0 amide bonds. The summed E-state index contributed by atoms with van der Waals surface area (Å²) in [7, 11) is 1.28. The standard InChI is InChI=1S/C11H12F3NO3/c1-18-8-4-2-3-7(5-8)10(6-15,9(16)17)11(12,13)14/h2-5H,6,15H2,1H3,(H,16,17). The van der Waals surface area contributed by atoms with E-state index in [1.807, 2.05) is 0 Å². The van der Waals surface area contributed by atoms with Gasteiger partial charge in [-0.15, -0.1) is 0 Å². The Morgan fingerprint density at radius 3 is 2.44 bits per heavy atom. The minimum Gasteiger partial charge on any atom is -0.497 e. The van der Waals surface area contributed by atoms with Crippen LogP contribution >= 0.6 is 0 Å². The van der Waals surface area contributed by atoms with E-state index in [4.69, 9.17) is 15.6 Å². The summed E-state index contributed by atoms with van der Waals surface area (Å²) in [5.41, 5.74) is 1.50. The van der Waals surface area contributed by atoms with Crippen molar-refractivity contribution in [1.82, 2.24) is 0 Å². The van der Waals surface area contributed by atoms with Crippen LogP contribution in [0.15, 0.2) is 24.3 Å². The van der Waals surface area contributed by atoms with E-state index in [1.165, 1.54) is 19.2 Å². The molecule has 0 bridgehead atoms. The molecule has 100 valence electrons. The Balaban J connectivity index is 3.47. The second-order valence-electron chi connectivity index (χ2n) is 3.64. The highest BCUT2D eigenvalue weighted by Gasteiger charge is 2.61. The summed E-state index contributed by atoms with van der Waals surface area (Å²) in [6, 6.07) is 4.79. The number of hydrogen-bond donors (Lipinski definition) is 2. The van der Waals surface area contributed by atoms with E-state index >= 15 is 0 Å². The molecule has 0 spiro atoms. The van der Waals surface area contributed by atoms with Crippen molar-refractivity contribution < 1.29 is 27.8 Å². The van der Waals surface area contributed by atoms with E-state index in [1.54, 1.807) is 0 Å². The SMILES string of the molecule is COc1cccc(C(CN)(C(=O)O)C(F)(F)F)c1. The van der Waals surface area contributed by atoms with Gasteiger partial charge in [-0.2, -0.15) is 13.2 Å². The summed E-state index contributed by atoms with van der Waals surface area (Å²) in [5.74, 6) is -1.90. The number of carboxylic acid groups (broad SMARTS) is 1. The number of methoxy groups -OCH3 is 1. The van der Waals surface area contributed by atoms with Gasteiger partial charge < -0.3 is 15.6 Å². The fraction of sp³-hybridized carbons (Fsp3) is 0.364. The van der Waals surface area contributed by atoms with Crippen molar-refractivity contribution in [3.05, 3.63) is 29.8 Å². The maximum absolute atomic E-state index is 13.0. The molecule has 0 aliphatic rings. The van der Waals surface area contributed by atoms with Crippen LogP contribution in [-0.2, 0) is 10.2 Å². The number of hydrogen-bond acceptors (Lipinski definition) is 3. The normalized spacial score (nSPS) is 14.9. The van der Waals surface area contributed by atoms with Crippen molar-refractivity contribution in [2.75, 3.05) is 13.7 Å². The lowest BCUT2D eigenvalue weighted by atomic mass is 9.79. The molecule has 1 aromatic carbocycles. The van der Waals surface area contributed by atoms with Crippen LogP contribution in [0.25, 0.3) is 0 Å². The molecule has 0 saturated carbocycles. The fourth-order valence-electron chi connectivity index (χ4n) is 1.62. The zero-order valence-corrected chi connectivity index (χ0v) is 9.49. The number of carboxylic acids is 1. The summed E-state index contributed by atoms with van der Waals surface area (Å²) in [4.78, 5) is 11.1. The number of carbonyl (C=O) groups is 1. The lowest BCUT2D eigenvalue weighted by Crippen LogP contribution is -2.54. The van der Waals surface area contributed by atoms with Crippen molar-refractivity contribution in [1.29, 1.82) is 0 Å². The van der Waals surface area contributed by atoms with Crippen LogP contribution in [0.1, 0.15) is 5.56 Å². The predicted octanol–water partition coefficient (Wildman–Crippen LogP) is 1.54. The molecule has 0 fully saturated rings. The smallest absolute Gasteiger partial charge is 0.410 e. The number of nitrogens with two attached hydrogens (primary N) is 1. The predicted molar refractivity (Wildman–Crippen MR) is 57.4 cm³/mol. The Bertz CT molecular complexity index is 447. The molecule has 1 rings (SSSR count). The summed E-state index contributed by atoms with van der Waals surface area (Å²) >= 11 is 0. The molecular weight excluding hydrogens is 251 g/mol. The highest BCUT2D eigenvalue weighted by molar-refractivity contribution is 5.83. The number of aliphatic carboxylic acids is 1. The number of benzene rings is 1. The van der Waals surface area contributed by atoms with E-state index in [0.29, 0.717) is 0 Å². The molecule has 1 aromatic rings. The van der Waals surface area contributed by atoms with Crippen LogP contribution in [0.5, 0.6) is 5.75 Å². The minimum atomic E-state index is -5.00. The van der Waals surface area contributed by atoms with Crippen LogP contribution < -0.4 is 10.5 Å². The number of halogens is 3. The molecule has 0 saturated heterocycles. The van der Waals surface area contributed by atoms with Gasteiger partial charge in [-0.3, -0.25) is 4.79 Å². The van der Waals surface area contributed by atoms with Gasteiger partial charge in [0.25, 0.3) is 0 Å². The second kappa shape index (κ2) is 4.85. The number of rotatable bonds is 4. The Hall–Kier alpha value is -1.76. The highest BCUT2D eigenvalue weighted by Crippen LogP contribution is 2.41. The zero-order chi connectivity index (χ0) is 14.0. The van der Waals surface area contributed by atoms with Crippen LogP contribution in [-0.4, -0.2) is 30.9 Å². The van der Waals surface area contributed by atoms with Crippen LogP contribution in [0.2, 0.25) is 0 Å². The number of ether oxygens (including phenoxy) is 1. The summed E-state index contributed by atoms with van der Waals surface area (Å²) in [6.45, 7) is -1.08. The van der Waals surface area contributed by atoms with Gasteiger partial charge in [0.05, 0.1) is 7.11 Å². The monoisotopic (exact) mass is 263 g/mol. The van der Waals surface area contributed by atoms with E-state index in [9.17, 15) is 18.0 Å². The van der Waals surface area contributed by atoms with Gasteiger partial charge in [-0.1, -0.05) is 12.1 Å². The molecule has 3 N–H and O–H groups in total. The van der Waals surface area contributed by atoms with Crippen LogP contribution in [0.3, 0.4) is 0 Å². The maximum atomic E-state index is 13.0. The van der Waals surface area contributed by atoms with Crippen molar-refractivity contribution in [3.8, 4) is 5.75 Å². The summed E-state index contributed by atoms with van der Waals surface area (Å²) in [5, 5.41) is 8.94. The summed E-state index contributed by atoms with van der Waals surface area (Å²) in [6.07, 6.45) is -5.00. The van der Waals surface area contributed by atoms with Gasteiger partial charge in [-0.25, -0.2) is 0 Å². The first-order valence-corrected chi connectivity index (χ1v) is 4.94. The lowest BCUT2D eigenvalue weighted by Gasteiger charge is -2.30. The minimum absolute atomic E-state index is 0.135. The lowest BCUT2D eigenvalue weighted by molar-refractivity contribution is -0.203. The third-order valence-corrected chi connectivity index (χ3v) is 2.72. The average molecular weight is 263 g/mol. The van der Waals surface area contributed by atoms with Gasteiger partial charge in [0.15, 0.2) is 5.41 Å². The average Bonchev–Trinajstić information content (AvgIpc) is 2.28. The Morgan fingerprint density at radius 2 is 2.06 bits per heavy atom. The van der Waals surface area contributed by atoms with Gasteiger partial charge in [0.1, 0.15) is 5.75 Å². The third kappa shape index (κ3) is 2.13.